The summed E-state index contributed by atoms with van der Waals surface area (Å²) in [5.41, 5.74) is 8.08. The van der Waals surface area contributed by atoms with Gasteiger partial charge in [-0.15, -0.1) is 6.58 Å². The molecule has 1 atom stereocenters. The van der Waals surface area contributed by atoms with Crippen LogP contribution >= 0.6 is 15.9 Å². The van der Waals surface area contributed by atoms with Gasteiger partial charge in [0, 0.05) is 10.5 Å². The highest BCUT2D eigenvalue weighted by Crippen LogP contribution is 2.20. The Labute approximate surface area is 81.4 Å². The third kappa shape index (κ3) is 1.96. The minimum Gasteiger partial charge on any atom is -0.321 e. The maximum Gasteiger partial charge on any atom is 0.0478 e. The van der Waals surface area contributed by atoms with E-state index in [1.54, 1.807) is 6.08 Å². The quantitative estimate of drug-likeness (QED) is 0.771. The molecule has 0 heterocycles. The predicted molar refractivity (Wildman–Crippen MR) is 56.0 cm³/mol. The number of hydrogen-bond donors (Lipinski definition) is 1. The molecule has 0 saturated heterocycles. The van der Waals surface area contributed by atoms with Gasteiger partial charge in [-0.3, -0.25) is 0 Å². The molecule has 0 aliphatic heterocycles. The van der Waals surface area contributed by atoms with Crippen molar-refractivity contribution >= 4 is 15.9 Å². The van der Waals surface area contributed by atoms with Crippen LogP contribution in [0.15, 0.2) is 35.3 Å². The van der Waals surface area contributed by atoms with Crippen LogP contribution in [0.4, 0.5) is 0 Å². The van der Waals surface area contributed by atoms with Crippen LogP contribution in [0.25, 0.3) is 0 Å². The van der Waals surface area contributed by atoms with Gasteiger partial charge in [-0.1, -0.05) is 34.1 Å². The Balaban J connectivity index is 3.04. The van der Waals surface area contributed by atoms with E-state index in [1.807, 2.05) is 19.1 Å². The van der Waals surface area contributed by atoms with E-state index in [1.165, 1.54) is 5.56 Å². The fraction of sp³-hybridized carbons (Fsp3) is 0.200. The van der Waals surface area contributed by atoms with Crippen LogP contribution in [0.1, 0.15) is 17.2 Å². The predicted octanol–water partition coefficient (Wildman–Crippen LogP) is 2.94. The van der Waals surface area contributed by atoms with Crippen molar-refractivity contribution in [3.63, 3.8) is 0 Å². The molecule has 0 fully saturated rings. The van der Waals surface area contributed by atoms with Gasteiger partial charge in [-0.2, -0.15) is 0 Å². The Morgan fingerprint density at radius 3 is 2.75 bits per heavy atom. The second-order valence-electron chi connectivity index (χ2n) is 2.77. The van der Waals surface area contributed by atoms with Gasteiger partial charge in [0.15, 0.2) is 0 Å². The number of halogens is 1. The fourth-order valence-electron chi connectivity index (χ4n) is 1.01. The molecule has 0 unspecified atom stereocenters. The van der Waals surface area contributed by atoms with Gasteiger partial charge in [0.05, 0.1) is 0 Å². The second kappa shape index (κ2) is 3.87. The van der Waals surface area contributed by atoms with Gasteiger partial charge < -0.3 is 5.73 Å². The van der Waals surface area contributed by atoms with Gasteiger partial charge in [-0.05, 0) is 24.1 Å². The molecule has 12 heavy (non-hydrogen) atoms. The SMILES string of the molecule is C=C[C@@H](N)c1ccc(Br)c(C)c1. The first-order valence-electron chi connectivity index (χ1n) is 3.79. The molecular weight excluding hydrogens is 214 g/mol. The molecule has 0 aliphatic carbocycles. The molecule has 64 valence electrons. The van der Waals surface area contributed by atoms with Crippen molar-refractivity contribution in [2.24, 2.45) is 5.73 Å². The van der Waals surface area contributed by atoms with Crippen molar-refractivity contribution < 1.29 is 0 Å². The summed E-state index contributed by atoms with van der Waals surface area (Å²) < 4.78 is 1.11. The van der Waals surface area contributed by atoms with Crippen LogP contribution in [0.2, 0.25) is 0 Å². The Bertz CT molecular complexity index is 294. The topological polar surface area (TPSA) is 26.0 Å². The third-order valence-electron chi connectivity index (χ3n) is 1.82. The lowest BCUT2D eigenvalue weighted by atomic mass is 10.1. The molecule has 2 N–H and O–H groups in total. The monoisotopic (exact) mass is 225 g/mol. The zero-order valence-electron chi connectivity index (χ0n) is 7.05. The van der Waals surface area contributed by atoms with Crippen molar-refractivity contribution in [2.45, 2.75) is 13.0 Å². The summed E-state index contributed by atoms with van der Waals surface area (Å²) >= 11 is 3.43. The molecule has 0 aromatic heterocycles. The average Bonchev–Trinajstić information content (AvgIpc) is 2.08. The largest absolute Gasteiger partial charge is 0.321 e. The first kappa shape index (κ1) is 9.49. The fourth-order valence-corrected chi connectivity index (χ4v) is 1.26. The van der Waals surface area contributed by atoms with E-state index < -0.39 is 0 Å². The van der Waals surface area contributed by atoms with Crippen molar-refractivity contribution in [2.75, 3.05) is 0 Å². The van der Waals surface area contributed by atoms with Crippen LogP contribution in [-0.2, 0) is 0 Å². The molecule has 1 rings (SSSR count). The molecule has 0 radical (unpaired) electrons. The molecular formula is C10H12BrN. The van der Waals surface area contributed by atoms with E-state index in [2.05, 4.69) is 28.6 Å². The summed E-state index contributed by atoms with van der Waals surface area (Å²) in [4.78, 5) is 0. The average molecular weight is 226 g/mol. The van der Waals surface area contributed by atoms with Crippen LogP contribution in [0.5, 0.6) is 0 Å². The first-order chi connectivity index (χ1) is 5.65. The lowest BCUT2D eigenvalue weighted by Crippen LogP contribution is -2.06. The molecule has 1 aromatic rings. The van der Waals surface area contributed by atoms with Gasteiger partial charge in [0.25, 0.3) is 0 Å². The Hall–Kier alpha value is -0.600. The summed E-state index contributed by atoms with van der Waals surface area (Å²) in [6.07, 6.45) is 1.74. The Morgan fingerprint density at radius 1 is 1.58 bits per heavy atom. The number of hydrogen-bond acceptors (Lipinski definition) is 1. The summed E-state index contributed by atoms with van der Waals surface area (Å²) in [6, 6.07) is 6.02. The standard InChI is InChI=1S/C10H12BrN/c1-3-10(12)8-4-5-9(11)7(2)6-8/h3-6,10H,1,12H2,2H3/t10-/m1/s1. The van der Waals surface area contributed by atoms with Crippen molar-refractivity contribution in [3.8, 4) is 0 Å². The van der Waals surface area contributed by atoms with E-state index in [-0.39, 0.29) is 6.04 Å². The lowest BCUT2D eigenvalue weighted by Gasteiger charge is -2.07. The normalized spacial score (nSPS) is 12.6. The minimum atomic E-state index is -0.0585. The first-order valence-corrected chi connectivity index (χ1v) is 4.58. The van der Waals surface area contributed by atoms with E-state index in [0.29, 0.717) is 0 Å². The van der Waals surface area contributed by atoms with Gasteiger partial charge in [0.2, 0.25) is 0 Å². The highest BCUT2D eigenvalue weighted by Gasteiger charge is 2.02. The molecule has 0 aliphatic rings. The van der Waals surface area contributed by atoms with Crippen molar-refractivity contribution in [1.29, 1.82) is 0 Å². The number of aryl methyl sites for hydroxylation is 1. The van der Waals surface area contributed by atoms with Crippen molar-refractivity contribution in [3.05, 3.63) is 46.5 Å². The Kier molecular flexibility index (Phi) is 3.06. The van der Waals surface area contributed by atoms with E-state index in [9.17, 15) is 0 Å². The van der Waals surface area contributed by atoms with Crippen LogP contribution in [-0.4, -0.2) is 0 Å². The Morgan fingerprint density at radius 2 is 2.25 bits per heavy atom. The molecule has 0 saturated carbocycles. The third-order valence-corrected chi connectivity index (χ3v) is 2.71. The summed E-state index contributed by atoms with van der Waals surface area (Å²) in [7, 11) is 0. The molecule has 1 nitrogen and oxygen atoms in total. The smallest absolute Gasteiger partial charge is 0.0478 e. The van der Waals surface area contributed by atoms with Gasteiger partial charge in [0.1, 0.15) is 0 Å². The minimum absolute atomic E-state index is 0.0585. The van der Waals surface area contributed by atoms with E-state index in [0.717, 1.165) is 10.0 Å². The summed E-state index contributed by atoms with van der Waals surface area (Å²) in [6.45, 7) is 5.70. The second-order valence-corrected chi connectivity index (χ2v) is 3.62. The number of nitrogens with two attached hydrogens (primary N) is 1. The molecule has 1 aromatic carbocycles. The lowest BCUT2D eigenvalue weighted by molar-refractivity contribution is 0.911. The van der Waals surface area contributed by atoms with Gasteiger partial charge in [-0.25, -0.2) is 0 Å². The number of benzene rings is 1. The maximum absolute atomic E-state index is 5.78. The zero-order chi connectivity index (χ0) is 9.14. The molecule has 2 heteroatoms. The highest BCUT2D eigenvalue weighted by atomic mass is 79.9. The molecule has 0 spiro atoms. The number of rotatable bonds is 2. The summed E-state index contributed by atoms with van der Waals surface area (Å²) in [5, 5.41) is 0. The highest BCUT2D eigenvalue weighted by molar-refractivity contribution is 9.10. The van der Waals surface area contributed by atoms with E-state index >= 15 is 0 Å². The molecule has 0 bridgehead atoms. The van der Waals surface area contributed by atoms with Crippen molar-refractivity contribution in [1.82, 2.24) is 0 Å². The van der Waals surface area contributed by atoms with Gasteiger partial charge >= 0.3 is 0 Å². The van der Waals surface area contributed by atoms with Crippen LogP contribution in [0, 0.1) is 6.92 Å². The summed E-state index contributed by atoms with van der Waals surface area (Å²) in [5.74, 6) is 0. The van der Waals surface area contributed by atoms with E-state index in [4.69, 9.17) is 5.73 Å². The molecule has 0 amide bonds. The zero-order valence-corrected chi connectivity index (χ0v) is 8.64. The van der Waals surface area contributed by atoms with Crippen LogP contribution < -0.4 is 5.73 Å². The maximum atomic E-state index is 5.78. The van der Waals surface area contributed by atoms with Crippen LogP contribution in [0.3, 0.4) is 0 Å².